The lowest BCUT2D eigenvalue weighted by Gasteiger charge is -2.41. The fourth-order valence-electron chi connectivity index (χ4n) is 3.05. The van der Waals surface area contributed by atoms with Gasteiger partial charge in [-0.2, -0.15) is 5.26 Å². The van der Waals surface area contributed by atoms with Gasteiger partial charge in [0.05, 0.1) is 17.7 Å². The van der Waals surface area contributed by atoms with Crippen LogP contribution in [0.5, 0.6) is 5.75 Å². The van der Waals surface area contributed by atoms with Gasteiger partial charge >= 0.3 is 0 Å². The zero-order valence-corrected chi connectivity index (χ0v) is 14.3. The van der Waals surface area contributed by atoms with Crippen LogP contribution in [0.15, 0.2) is 18.2 Å². The summed E-state index contributed by atoms with van der Waals surface area (Å²) in [6.07, 6.45) is 0. The molecule has 1 aromatic carbocycles. The van der Waals surface area contributed by atoms with Crippen LogP contribution < -0.4 is 4.74 Å². The zero-order chi connectivity index (χ0) is 16.1. The van der Waals surface area contributed by atoms with Crippen molar-refractivity contribution < 1.29 is 4.74 Å². The lowest BCUT2D eigenvalue weighted by Crippen LogP contribution is -2.52. The van der Waals surface area contributed by atoms with E-state index in [9.17, 15) is 5.26 Å². The molecule has 2 rings (SSSR count). The molecule has 0 aliphatic carbocycles. The fraction of sp³-hybridized carbons (Fsp3) is 0.588. The Morgan fingerprint density at radius 2 is 2.18 bits per heavy atom. The second kappa shape index (κ2) is 7.82. The summed E-state index contributed by atoms with van der Waals surface area (Å²) in [7, 11) is 0. The molecule has 120 valence electrons. The largest absolute Gasteiger partial charge is 0.492 e. The van der Waals surface area contributed by atoms with Crippen molar-refractivity contribution in [3.05, 3.63) is 28.8 Å². The molecule has 22 heavy (non-hydrogen) atoms. The molecule has 0 aromatic heterocycles. The van der Waals surface area contributed by atoms with Gasteiger partial charge < -0.3 is 4.74 Å². The number of halogens is 1. The molecule has 1 fully saturated rings. The Bertz CT molecular complexity index is 543. The topological polar surface area (TPSA) is 39.5 Å². The van der Waals surface area contributed by atoms with Crippen LogP contribution in [0.2, 0.25) is 5.02 Å². The molecule has 1 aliphatic rings. The highest BCUT2D eigenvalue weighted by Crippen LogP contribution is 2.31. The van der Waals surface area contributed by atoms with Crippen molar-refractivity contribution in [1.82, 2.24) is 9.80 Å². The number of likely N-dealkylation sites (N-methyl/N-ethyl adjacent to an activating group) is 1. The molecule has 4 nitrogen and oxygen atoms in total. The monoisotopic (exact) mass is 321 g/mol. The van der Waals surface area contributed by atoms with Gasteiger partial charge in [-0.15, -0.1) is 0 Å². The first-order valence-electron chi connectivity index (χ1n) is 7.90. The minimum absolute atomic E-state index is 0.255. The summed E-state index contributed by atoms with van der Waals surface area (Å²) in [6, 6.07) is 8.30. The SMILES string of the molecule is CCOc1ccc(C(C#N)N2CCN(CC)C(C)C2)cc1Cl. The van der Waals surface area contributed by atoms with Crippen LogP contribution in [-0.4, -0.2) is 48.6 Å². The number of benzene rings is 1. The number of rotatable bonds is 5. The van der Waals surface area contributed by atoms with Crippen molar-refractivity contribution in [3.8, 4) is 11.8 Å². The van der Waals surface area contributed by atoms with Crippen LogP contribution in [0.4, 0.5) is 0 Å². The maximum atomic E-state index is 9.63. The summed E-state index contributed by atoms with van der Waals surface area (Å²) in [4.78, 5) is 4.68. The number of nitrogens with zero attached hydrogens (tertiary/aromatic N) is 3. The first kappa shape index (κ1) is 17.1. The number of hydrogen-bond donors (Lipinski definition) is 0. The Morgan fingerprint density at radius 3 is 2.73 bits per heavy atom. The molecule has 0 amide bonds. The Hall–Kier alpha value is -1.28. The van der Waals surface area contributed by atoms with Gasteiger partial charge in [-0.05, 0) is 38.1 Å². The summed E-state index contributed by atoms with van der Waals surface area (Å²) in [6.45, 7) is 10.8. The maximum absolute atomic E-state index is 9.63. The highest BCUT2D eigenvalue weighted by molar-refractivity contribution is 6.32. The predicted molar refractivity (Wildman–Crippen MR) is 89.3 cm³/mol. The molecule has 1 aliphatic heterocycles. The highest BCUT2D eigenvalue weighted by atomic mass is 35.5. The first-order chi connectivity index (χ1) is 10.6. The number of hydrogen-bond acceptors (Lipinski definition) is 4. The summed E-state index contributed by atoms with van der Waals surface area (Å²) >= 11 is 6.26. The lowest BCUT2D eigenvalue weighted by molar-refractivity contribution is 0.0730. The normalized spacial score (nSPS) is 21.3. The average molecular weight is 322 g/mol. The first-order valence-corrected chi connectivity index (χ1v) is 8.28. The van der Waals surface area contributed by atoms with Gasteiger partial charge in [0.25, 0.3) is 0 Å². The van der Waals surface area contributed by atoms with Crippen molar-refractivity contribution in [3.63, 3.8) is 0 Å². The van der Waals surface area contributed by atoms with Crippen LogP contribution in [0.25, 0.3) is 0 Å². The Kier molecular flexibility index (Phi) is 6.07. The minimum atomic E-state index is -0.255. The molecule has 2 unspecified atom stereocenters. The smallest absolute Gasteiger partial charge is 0.137 e. The molecular weight excluding hydrogens is 298 g/mol. The summed E-state index contributed by atoms with van der Waals surface area (Å²) in [5.74, 6) is 0.675. The van der Waals surface area contributed by atoms with Gasteiger partial charge in [0.2, 0.25) is 0 Å². The fourth-order valence-corrected chi connectivity index (χ4v) is 3.30. The van der Waals surface area contributed by atoms with E-state index in [1.165, 1.54) is 0 Å². The molecule has 0 spiro atoms. The predicted octanol–water partition coefficient (Wildman–Crippen LogP) is 3.33. The Balaban J connectivity index is 2.15. The molecule has 1 heterocycles. The third-order valence-corrected chi connectivity index (χ3v) is 4.56. The number of nitriles is 1. The minimum Gasteiger partial charge on any atom is -0.492 e. The van der Waals surface area contributed by atoms with Crippen LogP contribution in [-0.2, 0) is 0 Å². The molecule has 5 heteroatoms. The van der Waals surface area contributed by atoms with Gasteiger partial charge in [0.1, 0.15) is 11.8 Å². The Labute approximate surface area is 138 Å². The van der Waals surface area contributed by atoms with Crippen LogP contribution in [0, 0.1) is 11.3 Å². The molecule has 0 N–H and O–H groups in total. The molecule has 0 saturated carbocycles. The van der Waals surface area contributed by atoms with Crippen molar-refractivity contribution in [2.45, 2.75) is 32.9 Å². The summed E-state index contributed by atoms with van der Waals surface area (Å²) in [5, 5.41) is 10.2. The highest BCUT2D eigenvalue weighted by Gasteiger charge is 2.28. The zero-order valence-electron chi connectivity index (χ0n) is 13.6. The van der Waals surface area contributed by atoms with Gasteiger partial charge in [0.15, 0.2) is 0 Å². The average Bonchev–Trinajstić information content (AvgIpc) is 2.51. The van der Waals surface area contributed by atoms with E-state index >= 15 is 0 Å². The van der Waals surface area contributed by atoms with Gasteiger partial charge in [-0.1, -0.05) is 24.6 Å². The van der Waals surface area contributed by atoms with E-state index in [-0.39, 0.29) is 6.04 Å². The third-order valence-electron chi connectivity index (χ3n) is 4.26. The van der Waals surface area contributed by atoms with Gasteiger partial charge in [0, 0.05) is 25.7 Å². The maximum Gasteiger partial charge on any atom is 0.137 e. The molecule has 0 bridgehead atoms. The lowest BCUT2D eigenvalue weighted by atomic mass is 10.0. The third kappa shape index (κ3) is 3.73. The van der Waals surface area contributed by atoms with Crippen molar-refractivity contribution in [2.24, 2.45) is 0 Å². The summed E-state index contributed by atoms with van der Waals surface area (Å²) in [5.41, 5.74) is 0.938. The van der Waals surface area contributed by atoms with E-state index in [0.717, 1.165) is 31.7 Å². The van der Waals surface area contributed by atoms with Gasteiger partial charge in [-0.3, -0.25) is 9.80 Å². The molecule has 1 aromatic rings. The summed E-state index contributed by atoms with van der Waals surface area (Å²) < 4.78 is 5.46. The second-order valence-corrected chi connectivity index (χ2v) is 6.03. The number of piperazine rings is 1. The number of ether oxygens (including phenoxy) is 1. The van der Waals surface area contributed by atoms with Crippen molar-refractivity contribution in [1.29, 1.82) is 5.26 Å². The van der Waals surface area contributed by atoms with E-state index in [4.69, 9.17) is 16.3 Å². The van der Waals surface area contributed by atoms with Crippen LogP contribution in [0.1, 0.15) is 32.4 Å². The van der Waals surface area contributed by atoms with Crippen molar-refractivity contribution in [2.75, 3.05) is 32.8 Å². The van der Waals surface area contributed by atoms with Crippen LogP contribution >= 0.6 is 11.6 Å². The quantitative estimate of drug-likeness (QED) is 0.834. The molecular formula is C17H24ClN3O. The van der Waals surface area contributed by atoms with E-state index < -0.39 is 0 Å². The van der Waals surface area contributed by atoms with E-state index in [0.29, 0.717) is 23.4 Å². The standard InChI is InChI=1S/C17H24ClN3O/c1-4-20-8-9-21(12-13(20)3)16(11-19)14-6-7-17(22-5-2)15(18)10-14/h6-7,10,13,16H,4-5,8-9,12H2,1-3H3. The van der Waals surface area contributed by atoms with Crippen molar-refractivity contribution >= 4 is 11.6 Å². The van der Waals surface area contributed by atoms with E-state index in [1.54, 1.807) is 0 Å². The Morgan fingerprint density at radius 1 is 1.41 bits per heavy atom. The molecule has 2 atom stereocenters. The molecule has 0 radical (unpaired) electrons. The van der Waals surface area contributed by atoms with E-state index in [2.05, 4.69) is 29.7 Å². The van der Waals surface area contributed by atoms with Gasteiger partial charge in [-0.25, -0.2) is 0 Å². The second-order valence-electron chi connectivity index (χ2n) is 5.63. The van der Waals surface area contributed by atoms with Crippen LogP contribution in [0.3, 0.4) is 0 Å². The molecule has 1 saturated heterocycles. The van der Waals surface area contributed by atoms with E-state index in [1.807, 2.05) is 25.1 Å².